The largest absolute Gasteiger partial charge is 0.356 e. The van der Waals surface area contributed by atoms with Crippen molar-refractivity contribution in [3.8, 4) is 11.3 Å². The number of aromatic nitrogens is 1. The van der Waals surface area contributed by atoms with E-state index in [-0.39, 0.29) is 18.0 Å². The predicted octanol–water partition coefficient (Wildman–Crippen LogP) is 5.08. The van der Waals surface area contributed by atoms with Gasteiger partial charge in [-0.05, 0) is 42.2 Å². The Hall–Kier alpha value is -2.63. The summed E-state index contributed by atoms with van der Waals surface area (Å²) in [5.41, 5.74) is 2.85. The Morgan fingerprint density at radius 3 is 2.60 bits per heavy atom. The number of benzene rings is 2. The summed E-state index contributed by atoms with van der Waals surface area (Å²) in [6.45, 7) is 5.58. The molecule has 2 atom stereocenters. The Balaban J connectivity index is 1.55. The Morgan fingerprint density at radius 1 is 1.17 bits per heavy atom. The predicted molar refractivity (Wildman–Crippen MR) is 118 cm³/mol. The summed E-state index contributed by atoms with van der Waals surface area (Å²) in [5.74, 6) is 1.19. The highest BCUT2D eigenvalue weighted by atomic mass is 35.5. The number of nitrogens with one attached hydrogen (secondary N) is 1. The van der Waals surface area contributed by atoms with Crippen molar-refractivity contribution in [2.45, 2.75) is 38.9 Å². The van der Waals surface area contributed by atoms with Crippen LogP contribution in [0.4, 0.5) is 0 Å². The number of hydrogen-bond acceptors (Lipinski definition) is 4. The zero-order valence-corrected chi connectivity index (χ0v) is 18.0. The molecule has 30 heavy (non-hydrogen) atoms. The van der Waals surface area contributed by atoms with Gasteiger partial charge in [0, 0.05) is 29.7 Å². The smallest absolute Gasteiger partial charge is 0.237 e. The van der Waals surface area contributed by atoms with Gasteiger partial charge in [-0.25, -0.2) is 0 Å². The fourth-order valence-corrected chi connectivity index (χ4v) is 4.06. The SMILES string of the molecule is CC(C)C[C@H]1C(=O)N[C@@H](c2ccccc2)CN1Cc1cc(-c2ccc(Cl)cc2)on1. The van der Waals surface area contributed by atoms with Gasteiger partial charge in [0.2, 0.25) is 5.91 Å². The topological polar surface area (TPSA) is 58.4 Å². The number of piperazine rings is 1. The van der Waals surface area contributed by atoms with Gasteiger partial charge in [-0.3, -0.25) is 9.69 Å². The molecule has 0 saturated carbocycles. The van der Waals surface area contributed by atoms with Crippen molar-refractivity contribution in [2.24, 2.45) is 5.92 Å². The zero-order valence-electron chi connectivity index (χ0n) is 17.2. The van der Waals surface area contributed by atoms with Crippen LogP contribution in [0.25, 0.3) is 11.3 Å². The molecule has 3 aromatic rings. The third-order valence-corrected chi connectivity index (χ3v) is 5.68. The lowest BCUT2D eigenvalue weighted by Crippen LogP contribution is -2.56. The normalized spacial score (nSPS) is 19.8. The number of amides is 1. The van der Waals surface area contributed by atoms with Gasteiger partial charge in [-0.1, -0.05) is 60.9 Å². The van der Waals surface area contributed by atoms with Crippen molar-refractivity contribution in [1.82, 2.24) is 15.4 Å². The molecular weight excluding hydrogens is 398 g/mol. The molecule has 2 aromatic carbocycles. The van der Waals surface area contributed by atoms with Crippen molar-refractivity contribution in [3.05, 3.63) is 76.9 Å². The minimum atomic E-state index is -0.180. The highest BCUT2D eigenvalue weighted by molar-refractivity contribution is 6.30. The van der Waals surface area contributed by atoms with Gasteiger partial charge >= 0.3 is 0 Å². The van der Waals surface area contributed by atoms with E-state index in [0.717, 1.165) is 29.8 Å². The van der Waals surface area contributed by atoms with Crippen LogP contribution in [0.15, 0.2) is 65.2 Å². The number of carbonyl (C=O) groups is 1. The summed E-state index contributed by atoms with van der Waals surface area (Å²) in [7, 11) is 0. The summed E-state index contributed by atoms with van der Waals surface area (Å²) in [4.78, 5) is 15.2. The fraction of sp³-hybridized carbons (Fsp3) is 0.333. The summed E-state index contributed by atoms with van der Waals surface area (Å²) in [6.07, 6.45) is 0.801. The van der Waals surface area contributed by atoms with Crippen LogP contribution in [0.1, 0.15) is 37.6 Å². The highest BCUT2D eigenvalue weighted by Crippen LogP contribution is 2.27. The van der Waals surface area contributed by atoms with Crippen LogP contribution < -0.4 is 5.32 Å². The molecule has 1 N–H and O–H groups in total. The lowest BCUT2D eigenvalue weighted by atomic mass is 9.95. The lowest BCUT2D eigenvalue weighted by Gasteiger charge is -2.40. The Morgan fingerprint density at radius 2 is 1.90 bits per heavy atom. The molecule has 1 aliphatic heterocycles. The van der Waals surface area contributed by atoms with Gasteiger partial charge in [0.25, 0.3) is 0 Å². The van der Waals surface area contributed by atoms with Crippen LogP contribution in [0, 0.1) is 5.92 Å². The van der Waals surface area contributed by atoms with Gasteiger partial charge in [-0.15, -0.1) is 0 Å². The molecule has 1 aromatic heterocycles. The highest BCUT2D eigenvalue weighted by Gasteiger charge is 2.35. The van der Waals surface area contributed by atoms with Crippen LogP contribution in [-0.2, 0) is 11.3 Å². The van der Waals surface area contributed by atoms with E-state index in [1.807, 2.05) is 48.5 Å². The van der Waals surface area contributed by atoms with Crippen LogP contribution in [0.3, 0.4) is 0 Å². The van der Waals surface area contributed by atoms with Gasteiger partial charge in [0.15, 0.2) is 5.76 Å². The molecule has 2 heterocycles. The lowest BCUT2D eigenvalue weighted by molar-refractivity contribution is -0.132. The van der Waals surface area contributed by atoms with E-state index in [2.05, 4.69) is 41.4 Å². The molecule has 1 fully saturated rings. The molecule has 1 aliphatic rings. The van der Waals surface area contributed by atoms with E-state index < -0.39 is 0 Å². The molecule has 5 nitrogen and oxygen atoms in total. The Kier molecular flexibility index (Phi) is 6.21. The van der Waals surface area contributed by atoms with Gasteiger partial charge < -0.3 is 9.84 Å². The van der Waals surface area contributed by atoms with E-state index in [0.29, 0.717) is 23.2 Å². The summed E-state index contributed by atoms with van der Waals surface area (Å²) in [5, 5.41) is 8.15. The van der Waals surface area contributed by atoms with Gasteiger partial charge in [-0.2, -0.15) is 0 Å². The Labute approximate surface area is 182 Å². The maximum absolute atomic E-state index is 13.0. The molecular formula is C24H26ClN3O2. The third-order valence-electron chi connectivity index (χ3n) is 5.43. The molecule has 0 unspecified atom stereocenters. The quantitative estimate of drug-likeness (QED) is 0.600. The first-order valence-corrected chi connectivity index (χ1v) is 10.7. The molecule has 0 aliphatic carbocycles. The second kappa shape index (κ2) is 9.02. The van der Waals surface area contributed by atoms with Crippen molar-refractivity contribution in [1.29, 1.82) is 0 Å². The molecule has 156 valence electrons. The number of nitrogens with zero attached hydrogens (tertiary/aromatic N) is 2. The zero-order chi connectivity index (χ0) is 21.1. The molecule has 4 rings (SSSR count). The van der Waals surface area contributed by atoms with E-state index in [1.54, 1.807) is 0 Å². The van der Waals surface area contributed by atoms with Gasteiger partial charge in [0.1, 0.15) is 0 Å². The first kappa shape index (κ1) is 20.6. The molecule has 0 spiro atoms. The number of rotatable bonds is 6. The fourth-order valence-electron chi connectivity index (χ4n) is 3.94. The number of halogens is 1. The van der Waals surface area contributed by atoms with Crippen LogP contribution in [0.5, 0.6) is 0 Å². The van der Waals surface area contributed by atoms with Crippen molar-refractivity contribution < 1.29 is 9.32 Å². The van der Waals surface area contributed by atoms with Crippen LogP contribution in [-0.4, -0.2) is 28.6 Å². The molecule has 0 bridgehead atoms. The second-order valence-electron chi connectivity index (χ2n) is 8.24. The molecule has 1 amide bonds. The van der Waals surface area contributed by atoms with Crippen LogP contribution >= 0.6 is 11.6 Å². The summed E-state index contributed by atoms with van der Waals surface area (Å²) in [6, 6.07) is 19.3. The molecule has 6 heteroatoms. The van der Waals surface area contributed by atoms with E-state index in [4.69, 9.17) is 16.1 Å². The maximum atomic E-state index is 13.0. The third kappa shape index (κ3) is 4.74. The second-order valence-corrected chi connectivity index (χ2v) is 8.67. The standard InChI is InChI=1S/C24H26ClN3O2/c1-16(2)12-22-24(29)26-21(17-6-4-3-5-7-17)15-28(22)14-20-13-23(30-27-20)18-8-10-19(25)11-9-18/h3-11,13,16,21-22H,12,14-15H2,1-2H3,(H,26,29)/t21-,22+/m1/s1. The van der Waals surface area contributed by atoms with Crippen molar-refractivity contribution in [3.63, 3.8) is 0 Å². The minimum Gasteiger partial charge on any atom is -0.356 e. The van der Waals surface area contributed by atoms with Crippen LogP contribution in [0.2, 0.25) is 5.02 Å². The van der Waals surface area contributed by atoms with E-state index >= 15 is 0 Å². The average Bonchev–Trinajstić information content (AvgIpc) is 3.20. The number of hydrogen-bond donors (Lipinski definition) is 1. The van der Waals surface area contributed by atoms with Crippen molar-refractivity contribution in [2.75, 3.05) is 6.54 Å². The summed E-state index contributed by atoms with van der Waals surface area (Å²) >= 11 is 5.98. The number of carbonyl (C=O) groups excluding carboxylic acids is 1. The summed E-state index contributed by atoms with van der Waals surface area (Å²) < 4.78 is 5.57. The van der Waals surface area contributed by atoms with Crippen molar-refractivity contribution >= 4 is 17.5 Å². The monoisotopic (exact) mass is 423 g/mol. The van der Waals surface area contributed by atoms with E-state index in [1.165, 1.54) is 0 Å². The average molecular weight is 424 g/mol. The Bertz CT molecular complexity index is 985. The maximum Gasteiger partial charge on any atom is 0.237 e. The molecule has 1 saturated heterocycles. The van der Waals surface area contributed by atoms with E-state index in [9.17, 15) is 4.79 Å². The molecule has 0 radical (unpaired) electrons. The minimum absolute atomic E-state index is 0.0373. The first-order chi connectivity index (χ1) is 14.5. The first-order valence-electron chi connectivity index (χ1n) is 10.3. The van der Waals surface area contributed by atoms with Gasteiger partial charge in [0.05, 0.1) is 17.8 Å².